The van der Waals surface area contributed by atoms with E-state index in [1.807, 2.05) is 0 Å². The third-order valence-electron chi connectivity index (χ3n) is 8.54. The van der Waals surface area contributed by atoms with Gasteiger partial charge in [-0.2, -0.15) is 21.9 Å². The first kappa shape index (κ1) is 49.8. The van der Waals surface area contributed by atoms with Gasteiger partial charge in [0.1, 0.15) is 19.9 Å². The van der Waals surface area contributed by atoms with Crippen LogP contribution in [0.2, 0.25) is 0 Å². The molecule has 18 nitrogen and oxygen atoms in total. The van der Waals surface area contributed by atoms with Crippen LogP contribution in [0.15, 0.2) is 150 Å². The molecule has 0 unspecified atom stereocenters. The average Bonchev–Trinajstić information content (AvgIpc) is 3.16. The van der Waals surface area contributed by atoms with E-state index in [2.05, 4.69) is 31.1 Å². The van der Waals surface area contributed by atoms with E-state index in [0.717, 1.165) is 24.3 Å². The fourth-order valence-corrected chi connectivity index (χ4v) is 7.96. The standard InChI is InChI=1S/C37H26N6O12S3.3Na/c44-35-25-12-10-23(16-20(25)18-31(57(50,51)52)33(35)42-40-22-6-2-1-3-7-22)38-37(46)39-24-11-13-26-21(17-24)19-32(58(53,54)55)34(36(26)45)43-41-29-14-15-30(56(47,48)49)28-9-5-4-8-27(28)29;;;/h1-19,44-45H,(H2,38,39,46)(H,47,48,49)(H,50,51,52)(H,53,54,55);;;/q;3*+1/p-3. The summed E-state index contributed by atoms with van der Waals surface area (Å²) in [4.78, 5) is 10.8. The molecule has 7 rings (SSSR count). The average molecular weight is 909 g/mol. The second kappa shape index (κ2) is 19.7. The number of carbonyl (C=O) groups is 1. The van der Waals surface area contributed by atoms with Crippen LogP contribution in [-0.2, 0) is 30.4 Å². The smallest absolute Gasteiger partial charge is 0.871 e. The number of rotatable bonds is 9. The van der Waals surface area contributed by atoms with Gasteiger partial charge in [-0.25, -0.2) is 13.2 Å². The van der Waals surface area contributed by atoms with Gasteiger partial charge in [0.25, 0.3) is 20.2 Å². The minimum Gasteiger partial charge on any atom is -0.871 e. The molecule has 0 aliphatic carbocycles. The van der Waals surface area contributed by atoms with E-state index in [-0.39, 0.29) is 138 Å². The molecular weight excluding hydrogens is 886 g/mol. The Hall–Kier alpha value is -3.88. The Morgan fingerprint density at radius 3 is 1.44 bits per heavy atom. The maximum atomic E-state index is 13.5. The minimum atomic E-state index is -5.11. The van der Waals surface area contributed by atoms with Crippen molar-refractivity contribution in [1.29, 1.82) is 0 Å². The third kappa shape index (κ3) is 11.0. The van der Waals surface area contributed by atoms with Crippen LogP contribution in [0.25, 0.3) is 32.3 Å². The van der Waals surface area contributed by atoms with Crippen LogP contribution in [0.4, 0.5) is 38.9 Å². The Morgan fingerprint density at radius 2 is 0.967 bits per heavy atom. The van der Waals surface area contributed by atoms with Gasteiger partial charge in [0, 0.05) is 22.1 Å². The van der Waals surface area contributed by atoms with Crippen LogP contribution in [0.1, 0.15) is 0 Å². The molecule has 0 fully saturated rings. The van der Waals surface area contributed by atoms with Gasteiger partial charge in [0.2, 0.25) is 0 Å². The summed E-state index contributed by atoms with van der Waals surface area (Å²) in [7, 11) is -15.0. The van der Waals surface area contributed by atoms with E-state index >= 15 is 0 Å². The predicted octanol–water partition coefficient (Wildman–Crippen LogP) is -1.82. The molecule has 0 radical (unpaired) electrons. The molecule has 0 aliphatic heterocycles. The largest absolute Gasteiger partial charge is 1.00 e. The van der Waals surface area contributed by atoms with E-state index in [1.54, 1.807) is 30.3 Å². The van der Waals surface area contributed by atoms with Crippen molar-refractivity contribution in [3.8, 4) is 11.5 Å². The number of nitrogens with one attached hydrogen (secondary N) is 2. The van der Waals surface area contributed by atoms with Crippen LogP contribution >= 0.6 is 0 Å². The number of hydrogen-bond donors (Lipinski definition) is 4. The van der Waals surface area contributed by atoms with Crippen LogP contribution in [0.5, 0.6) is 11.5 Å². The van der Waals surface area contributed by atoms with E-state index in [1.165, 1.54) is 60.7 Å². The topological polar surface area (TPSA) is 303 Å². The normalized spacial score (nSPS) is 11.9. The predicted molar refractivity (Wildman–Crippen MR) is 206 cm³/mol. The Kier molecular flexibility index (Phi) is 16.0. The minimum absolute atomic E-state index is 0. The molecule has 61 heavy (non-hydrogen) atoms. The summed E-state index contributed by atoms with van der Waals surface area (Å²) in [5, 5.41) is 47.3. The van der Waals surface area contributed by atoms with Gasteiger partial charge in [-0.15, -0.1) is 15.3 Å². The van der Waals surface area contributed by atoms with Crippen LogP contribution in [-0.4, -0.2) is 44.9 Å². The molecule has 0 bridgehead atoms. The van der Waals surface area contributed by atoms with Crippen molar-refractivity contribution in [3.63, 3.8) is 0 Å². The Balaban J connectivity index is 0.00000273. The van der Waals surface area contributed by atoms with E-state index in [4.69, 9.17) is 0 Å². The zero-order valence-electron chi connectivity index (χ0n) is 32.0. The molecule has 4 N–H and O–H groups in total. The van der Waals surface area contributed by atoms with Gasteiger partial charge in [0.05, 0.1) is 27.6 Å². The molecule has 0 heterocycles. The quantitative estimate of drug-likeness (QED) is 0.0707. The first-order valence-electron chi connectivity index (χ1n) is 16.3. The molecule has 0 aromatic heterocycles. The molecule has 0 saturated carbocycles. The van der Waals surface area contributed by atoms with Crippen molar-refractivity contribution in [2.75, 3.05) is 10.6 Å². The number of amides is 2. The number of azo groups is 2. The molecule has 24 heteroatoms. The molecular formula is C37H23N6Na3O12S3. The fraction of sp³-hybridized carbons (Fsp3) is 0. The summed E-state index contributed by atoms with van der Waals surface area (Å²) in [5.74, 6) is -1.83. The molecule has 294 valence electrons. The third-order valence-corrected chi connectivity index (χ3v) is 11.2. The number of anilines is 2. The van der Waals surface area contributed by atoms with E-state index < -0.39 is 73.9 Å². The van der Waals surface area contributed by atoms with Gasteiger partial charge in [-0.3, -0.25) is 9.11 Å². The zero-order chi connectivity index (χ0) is 41.6. The molecule has 0 spiro atoms. The SMILES string of the molecule is O=C(Nc1ccc2c([O-])c(N=Nc3ccccc3)c(S(=O)(=O)O)cc2c1)Nc1ccc2c([O-])c(N=Nc3ccc(S(=O)(=O)[O-])c4ccccc34)c(S(=O)(=O)O)cc2c1.[Na+].[Na+].[Na+]. The van der Waals surface area contributed by atoms with Crippen molar-refractivity contribution >= 4 is 103 Å². The van der Waals surface area contributed by atoms with Gasteiger partial charge >= 0.3 is 94.7 Å². The van der Waals surface area contributed by atoms with E-state index in [9.17, 15) is 53.9 Å². The van der Waals surface area contributed by atoms with E-state index in [0.29, 0.717) is 5.69 Å². The van der Waals surface area contributed by atoms with Crippen molar-refractivity contribution in [2.45, 2.75) is 14.7 Å². The summed E-state index contributed by atoms with van der Waals surface area (Å²) < 4.78 is 105. The summed E-state index contributed by atoms with van der Waals surface area (Å²) >= 11 is 0. The number of carbonyl (C=O) groups excluding carboxylic acids is 1. The molecule has 2 amide bonds. The Labute approximate surface area is 413 Å². The Bertz CT molecular complexity index is 3270. The second-order valence-electron chi connectivity index (χ2n) is 12.3. The fourth-order valence-electron chi connectivity index (χ4n) is 5.97. The number of fused-ring (bicyclic) bond motifs is 3. The Morgan fingerprint density at radius 1 is 0.508 bits per heavy atom. The van der Waals surface area contributed by atoms with Crippen LogP contribution < -0.4 is 110 Å². The maximum Gasteiger partial charge on any atom is 1.00 e. The molecule has 0 aliphatic rings. The number of benzene rings is 7. The second-order valence-corrected chi connectivity index (χ2v) is 16.5. The van der Waals surface area contributed by atoms with Gasteiger partial charge < -0.3 is 25.4 Å². The van der Waals surface area contributed by atoms with Crippen molar-refractivity contribution in [1.82, 2.24) is 0 Å². The number of urea groups is 1. The summed E-state index contributed by atoms with van der Waals surface area (Å²) in [6, 6.07) is 24.8. The number of nitrogens with zero attached hydrogens (tertiary/aromatic N) is 4. The van der Waals surface area contributed by atoms with Gasteiger partial charge in [-0.1, -0.05) is 66.1 Å². The van der Waals surface area contributed by atoms with Gasteiger partial charge in [-0.05, 0) is 82.2 Å². The number of hydrogen-bond acceptors (Lipinski definition) is 14. The van der Waals surface area contributed by atoms with Gasteiger partial charge in [0.15, 0.2) is 0 Å². The maximum absolute atomic E-state index is 13.5. The molecule has 7 aromatic rings. The molecule has 0 saturated heterocycles. The van der Waals surface area contributed by atoms with Crippen molar-refractivity contribution in [2.24, 2.45) is 20.5 Å². The van der Waals surface area contributed by atoms with Crippen molar-refractivity contribution in [3.05, 3.63) is 115 Å². The first-order chi connectivity index (χ1) is 27.4. The van der Waals surface area contributed by atoms with Crippen LogP contribution in [0.3, 0.4) is 0 Å². The molecule has 0 atom stereocenters. The van der Waals surface area contributed by atoms with Crippen LogP contribution in [0, 0.1) is 0 Å². The monoisotopic (exact) mass is 908 g/mol. The summed E-state index contributed by atoms with van der Waals surface area (Å²) in [6.45, 7) is 0. The summed E-state index contributed by atoms with van der Waals surface area (Å²) in [6.07, 6.45) is 0. The zero-order valence-corrected chi connectivity index (χ0v) is 40.4. The first-order valence-corrected chi connectivity index (χ1v) is 20.6. The summed E-state index contributed by atoms with van der Waals surface area (Å²) in [5.41, 5.74) is -0.987. The molecule has 7 aromatic carbocycles. The van der Waals surface area contributed by atoms with Crippen molar-refractivity contribution < 1.29 is 143 Å².